The summed E-state index contributed by atoms with van der Waals surface area (Å²) in [6.07, 6.45) is -3.27. The Morgan fingerprint density at radius 1 is 1.42 bits per heavy atom. The topological polar surface area (TPSA) is 104 Å². The monoisotopic (exact) mass is 300 g/mol. The fourth-order valence-corrected chi connectivity index (χ4v) is 3.32. The van der Waals surface area contributed by atoms with Gasteiger partial charge >= 0.3 is 12.0 Å². The van der Waals surface area contributed by atoms with Crippen LogP contribution >= 0.6 is 0 Å². The molecule has 0 spiro atoms. The normalized spacial score (nSPS) is 22.3. The third-order valence-corrected chi connectivity index (χ3v) is 4.31. The number of carboxylic acids is 1. The SMILES string of the molecule is O=C(O)CC1CS(=O)(=O)CCN1C(=O)NCC(F)F. The van der Waals surface area contributed by atoms with Crippen LogP contribution in [-0.2, 0) is 14.6 Å². The summed E-state index contributed by atoms with van der Waals surface area (Å²) in [7, 11) is -3.41. The Balaban J connectivity index is 2.73. The van der Waals surface area contributed by atoms with Crippen LogP contribution in [0.25, 0.3) is 0 Å². The number of nitrogens with one attached hydrogen (secondary N) is 1. The number of aliphatic carboxylic acids is 1. The molecule has 1 heterocycles. The molecule has 1 rings (SSSR count). The van der Waals surface area contributed by atoms with E-state index in [1.165, 1.54) is 0 Å². The second-order valence-electron chi connectivity index (χ2n) is 4.14. The van der Waals surface area contributed by atoms with Gasteiger partial charge in [-0.15, -0.1) is 0 Å². The number of hydrogen-bond donors (Lipinski definition) is 2. The number of sulfone groups is 1. The van der Waals surface area contributed by atoms with Gasteiger partial charge in [-0.3, -0.25) is 4.79 Å². The molecule has 1 atom stereocenters. The van der Waals surface area contributed by atoms with E-state index in [1.54, 1.807) is 0 Å². The van der Waals surface area contributed by atoms with Gasteiger partial charge in [0.2, 0.25) is 0 Å². The van der Waals surface area contributed by atoms with E-state index in [0.717, 1.165) is 4.90 Å². The lowest BCUT2D eigenvalue weighted by atomic mass is 10.2. The third-order valence-electron chi connectivity index (χ3n) is 2.61. The van der Waals surface area contributed by atoms with E-state index in [4.69, 9.17) is 5.11 Å². The first-order valence-electron chi connectivity index (χ1n) is 5.46. The minimum absolute atomic E-state index is 0.199. The average molecular weight is 300 g/mol. The molecule has 0 bridgehead atoms. The summed E-state index contributed by atoms with van der Waals surface area (Å²) in [4.78, 5) is 23.2. The van der Waals surface area contributed by atoms with Crippen LogP contribution in [0, 0.1) is 0 Å². The quantitative estimate of drug-likeness (QED) is 0.731. The van der Waals surface area contributed by atoms with E-state index in [-0.39, 0.29) is 12.3 Å². The predicted octanol–water partition coefficient (Wildman–Crippen LogP) is -0.465. The molecule has 0 aromatic rings. The van der Waals surface area contributed by atoms with Crippen molar-refractivity contribution in [1.29, 1.82) is 0 Å². The van der Waals surface area contributed by atoms with Crippen LogP contribution in [0.15, 0.2) is 0 Å². The first-order valence-corrected chi connectivity index (χ1v) is 7.28. The van der Waals surface area contributed by atoms with Gasteiger partial charge in [-0.2, -0.15) is 0 Å². The summed E-state index contributed by atoms with van der Waals surface area (Å²) < 4.78 is 46.7. The highest BCUT2D eigenvalue weighted by Crippen LogP contribution is 2.15. The summed E-state index contributed by atoms with van der Waals surface area (Å²) in [6.45, 7) is -1.06. The van der Waals surface area contributed by atoms with Gasteiger partial charge in [-0.05, 0) is 0 Å². The fraction of sp³-hybridized carbons (Fsp3) is 0.778. The summed E-state index contributed by atoms with van der Waals surface area (Å²) >= 11 is 0. The molecule has 0 aromatic carbocycles. The van der Waals surface area contributed by atoms with Gasteiger partial charge in [0, 0.05) is 6.54 Å². The first-order chi connectivity index (χ1) is 8.71. The molecular formula is C9H14F2N2O5S. The number of carboxylic acid groups (broad SMARTS) is 1. The number of carbonyl (C=O) groups is 2. The average Bonchev–Trinajstić information content (AvgIpc) is 2.24. The minimum Gasteiger partial charge on any atom is -0.481 e. The lowest BCUT2D eigenvalue weighted by Gasteiger charge is -2.34. The van der Waals surface area contributed by atoms with E-state index in [2.05, 4.69) is 0 Å². The van der Waals surface area contributed by atoms with E-state index in [0.29, 0.717) is 0 Å². The van der Waals surface area contributed by atoms with Crippen molar-refractivity contribution >= 4 is 21.8 Å². The van der Waals surface area contributed by atoms with Crippen molar-refractivity contribution in [3.8, 4) is 0 Å². The maximum atomic E-state index is 12.0. The molecule has 7 nitrogen and oxygen atoms in total. The van der Waals surface area contributed by atoms with Crippen molar-refractivity contribution in [2.24, 2.45) is 0 Å². The molecule has 110 valence electrons. The third kappa shape index (κ3) is 4.97. The molecule has 1 aliphatic rings. The van der Waals surface area contributed by atoms with E-state index in [1.807, 2.05) is 5.32 Å². The zero-order valence-corrected chi connectivity index (χ0v) is 10.7. The number of halogens is 2. The Bertz CT molecular complexity index is 454. The zero-order chi connectivity index (χ0) is 14.6. The molecule has 2 N–H and O–H groups in total. The molecule has 0 aliphatic carbocycles. The van der Waals surface area contributed by atoms with Crippen molar-refractivity contribution < 1.29 is 31.9 Å². The molecule has 10 heteroatoms. The molecule has 2 amide bonds. The van der Waals surface area contributed by atoms with Crippen LogP contribution in [0.3, 0.4) is 0 Å². The summed E-state index contributed by atoms with van der Waals surface area (Å²) in [6, 6.07) is -1.91. The van der Waals surface area contributed by atoms with Crippen LogP contribution in [0.4, 0.5) is 13.6 Å². The maximum absolute atomic E-state index is 12.0. The number of hydrogen-bond acceptors (Lipinski definition) is 4. The number of rotatable bonds is 4. The zero-order valence-electron chi connectivity index (χ0n) is 9.88. The van der Waals surface area contributed by atoms with Gasteiger partial charge in [0.15, 0.2) is 9.84 Å². The second-order valence-corrected chi connectivity index (χ2v) is 6.37. The Kier molecular flexibility index (Phi) is 5.04. The molecule has 1 fully saturated rings. The van der Waals surface area contributed by atoms with Crippen molar-refractivity contribution in [1.82, 2.24) is 10.2 Å². The number of nitrogens with zero attached hydrogens (tertiary/aromatic N) is 1. The number of alkyl halides is 2. The summed E-state index contributed by atoms with van der Waals surface area (Å²) in [5.41, 5.74) is 0. The Morgan fingerprint density at radius 3 is 2.58 bits per heavy atom. The molecule has 0 aromatic heterocycles. The van der Waals surface area contributed by atoms with Crippen molar-refractivity contribution in [2.45, 2.75) is 18.9 Å². The molecule has 0 radical (unpaired) electrons. The highest BCUT2D eigenvalue weighted by atomic mass is 32.2. The molecule has 0 saturated carbocycles. The molecule has 1 aliphatic heterocycles. The van der Waals surface area contributed by atoms with Gasteiger partial charge < -0.3 is 15.3 Å². The van der Waals surface area contributed by atoms with Gasteiger partial charge in [0.1, 0.15) is 0 Å². The maximum Gasteiger partial charge on any atom is 0.317 e. The minimum atomic E-state index is -3.41. The molecule has 19 heavy (non-hydrogen) atoms. The lowest BCUT2D eigenvalue weighted by Crippen LogP contribution is -2.55. The van der Waals surface area contributed by atoms with Crippen LogP contribution in [-0.4, -0.2) is 67.5 Å². The standard InChI is InChI=1S/C9H14F2N2O5S/c10-7(11)4-12-9(16)13-1-2-19(17,18)5-6(13)3-8(14)15/h6-7H,1-5H2,(H,12,16)(H,14,15). The van der Waals surface area contributed by atoms with Gasteiger partial charge in [-0.25, -0.2) is 22.0 Å². The first kappa shape index (κ1) is 15.6. The fourth-order valence-electron chi connectivity index (χ4n) is 1.79. The Labute approximate surface area is 108 Å². The number of carbonyl (C=O) groups excluding carboxylic acids is 1. The Hall–Kier alpha value is -1.45. The van der Waals surface area contributed by atoms with E-state index >= 15 is 0 Å². The highest BCUT2D eigenvalue weighted by molar-refractivity contribution is 7.91. The van der Waals surface area contributed by atoms with Crippen LogP contribution in [0.2, 0.25) is 0 Å². The van der Waals surface area contributed by atoms with Crippen LogP contribution in [0.1, 0.15) is 6.42 Å². The van der Waals surface area contributed by atoms with Crippen molar-refractivity contribution in [2.75, 3.05) is 24.6 Å². The molecule has 1 saturated heterocycles. The van der Waals surface area contributed by atoms with Gasteiger partial charge in [-0.1, -0.05) is 0 Å². The predicted molar refractivity (Wildman–Crippen MR) is 60.8 cm³/mol. The van der Waals surface area contributed by atoms with Crippen LogP contribution < -0.4 is 5.32 Å². The number of amides is 2. The second kappa shape index (κ2) is 6.13. The molecular weight excluding hydrogens is 286 g/mol. The summed E-state index contributed by atoms with van der Waals surface area (Å²) in [5.74, 6) is -2.03. The lowest BCUT2D eigenvalue weighted by molar-refractivity contribution is -0.138. The van der Waals surface area contributed by atoms with E-state index < -0.39 is 53.0 Å². The van der Waals surface area contributed by atoms with Gasteiger partial charge in [0.25, 0.3) is 6.43 Å². The largest absolute Gasteiger partial charge is 0.481 e. The van der Waals surface area contributed by atoms with E-state index in [9.17, 15) is 26.8 Å². The van der Waals surface area contributed by atoms with Crippen LogP contribution in [0.5, 0.6) is 0 Å². The van der Waals surface area contributed by atoms with Crippen molar-refractivity contribution in [3.63, 3.8) is 0 Å². The smallest absolute Gasteiger partial charge is 0.317 e. The highest BCUT2D eigenvalue weighted by Gasteiger charge is 2.35. The molecule has 1 unspecified atom stereocenters. The summed E-state index contributed by atoms with van der Waals surface area (Å²) in [5, 5.41) is 10.6. The van der Waals surface area contributed by atoms with Crippen molar-refractivity contribution in [3.05, 3.63) is 0 Å². The Morgan fingerprint density at radius 2 is 2.05 bits per heavy atom. The van der Waals surface area contributed by atoms with Gasteiger partial charge in [0.05, 0.1) is 30.5 Å². The number of urea groups is 1.